The van der Waals surface area contributed by atoms with Crippen LogP contribution in [0, 0.1) is 5.92 Å². The molecule has 2 aliphatic carbocycles. The van der Waals surface area contributed by atoms with E-state index in [0.29, 0.717) is 12.0 Å². The molecular formula is C50H41N4+. The van der Waals surface area contributed by atoms with Crippen LogP contribution >= 0.6 is 0 Å². The van der Waals surface area contributed by atoms with E-state index >= 15 is 0 Å². The number of fused-ring (bicyclic) bond motifs is 6. The smallest absolute Gasteiger partial charge is 0.196 e. The molecule has 2 aromatic heterocycles. The Balaban J connectivity index is 1.03. The second-order valence-electron chi connectivity index (χ2n) is 15.0. The van der Waals surface area contributed by atoms with Gasteiger partial charge in [-0.2, -0.15) is 9.69 Å². The van der Waals surface area contributed by atoms with Gasteiger partial charge in [0.15, 0.2) is 12.3 Å². The highest BCUT2D eigenvalue weighted by Gasteiger charge is 2.50. The van der Waals surface area contributed by atoms with Crippen molar-refractivity contribution in [2.45, 2.75) is 31.2 Å². The lowest BCUT2D eigenvalue weighted by Crippen LogP contribution is -3.29. The number of aromatic nitrogens is 2. The summed E-state index contributed by atoms with van der Waals surface area (Å²) in [7, 11) is 0. The van der Waals surface area contributed by atoms with Crippen LogP contribution in [0.3, 0.4) is 0 Å². The molecule has 0 radical (unpaired) electrons. The maximum atomic E-state index is 4.05. The van der Waals surface area contributed by atoms with Crippen molar-refractivity contribution in [3.05, 3.63) is 199 Å². The number of benzene rings is 6. The molecule has 0 amide bonds. The van der Waals surface area contributed by atoms with E-state index in [-0.39, 0.29) is 12.3 Å². The van der Waals surface area contributed by atoms with Crippen molar-refractivity contribution in [3.63, 3.8) is 0 Å². The van der Waals surface area contributed by atoms with Gasteiger partial charge in [0.25, 0.3) is 0 Å². The molecule has 3 aliphatic rings. The van der Waals surface area contributed by atoms with E-state index in [1.165, 1.54) is 76.4 Å². The van der Waals surface area contributed by atoms with Gasteiger partial charge in [0, 0.05) is 38.1 Å². The number of rotatable bonds is 6. The first kappa shape index (κ1) is 31.3. The van der Waals surface area contributed by atoms with Crippen LogP contribution in [-0.4, -0.2) is 15.4 Å². The van der Waals surface area contributed by atoms with E-state index in [0.717, 1.165) is 12.8 Å². The first-order valence-electron chi connectivity index (χ1n) is 19.3. The average molecular weight is 698 g/mol. The standard InChI is InChI=1S/C50H40N4/c1-4-15-34(16-5-1)36-19-14-20-39(31-36)50-51-49(35-17-6-2-7-18-35)54(50)53-47-26-13-11-24-42(47)44-33-38(28-30-48(44)53)37-27-29-46-43(32-37)41-23-10-12-25-45(41)52(46)40-21-8-3-9-22-40/h1-21,23-30,32-33,39-40,49-51H,22,31H2/p+1. The zero-order valence-corrected chi connectivity index (χ0v) is 30.0. The van der Waals surface area contributed by atoms with Gasteiger partial charge in [-0.05, 0) is 71.5 Å². The summed E-state index contributed by atoms with van der Waals surface area (Å²) in [6.45, 7) is 0. The lowest BCUT2D eigenvalue weighted by Gasteiger charge is -2.48. The molecule has 6 aromatic carbocycles. The summed E-state index contributed by atoms with van der Waals surface area (Å²) in [6.07, 6.45) is 18.2. The van der Waals surface area contributed by atoms with Crippen LogP contribution in [-0.2, 0) is 0 Å². The number of nitrogens with one attached hydrogen (secondary N) is 2. The van der Waals surface area contributed by atoms with E-state index in [1.807, 2.05) is 0 Å². The van der Waals surface area contributed by atoms with Gasteiger partial charge in [0.2, 0.25) is 0 Å². The molecule has 11 rings (SSSR count). The molecule has 1 fully saturated rings. The third-order valence-corrected chi connectivity index (χ3v) is 12.0. The first-order valence-corrected chi connectivity index (χ1v) is 19.3. The maximum absolute atomic E-state index is 4.05. The molecule has 8 aromatic rings. The Morgan fingerprint density at radius 2 is 1.17 bits per heavy atom. The Labute approximate surface area is 315 Å². The van der Waals surface area contributed by atoms with Gasteiger partial charge in [0.1, 0.15) is 11.0 Å². The Morgan fingerprint density at radius 3 is 1.93 bits per heavy atom. The van der Waals surface area contributed by atoms with Gasteiger partial charge >= 0.3 is 0 Å². The SMILES string of the molecule is C1=CCC(n2c3ccccc3c3cc(-c4ccc5c(c4)c4ccccc4n5[NH+]4C(c5ccccc5)NC4C4C=CC=C(c5ccccc5)C4)ccc32)C=C1. The van der Waals surface area contributed by atoms with Crippen molar-refractivity contribution in [2.24, 2.45) is 5.92 Å². The molecule has 3 heterocycles. The number of quaternary nitrogens is 1. The number of nitrogens with zero attached hydrogens (tertiary/aromatic N) is 2. The fraction of sp³-hybridized carbons (Fsp3) is 0.120. The van der Waals surface area contributed by atoms with Gasteiger partial charge in [-0.3, -0.25) is 0 Å². The van der Waals surface area contributed by atoms with Crippen LogP contribution in [0.25, 0.3) is 60.3 Å². The van der Waals surface area contributed by atoms with Gasteiger partial charge in [-0.15, -0.1) is 0 Å². The molecule has 0 saturated carbocycles. The zero-order chi connectivity index (χ0) is 35.6. The van der Waals surface area contributed by atoms with Crippen molar-refractivity contribution in [1.82, 2.24) is 14.6 Å². The van der Waals surface area contributed by atoms with Crippen molar-refractivity contribution in [1.29, 1.82) is 0 Å². The summed E-state index contributed by atoms with van der Waals surface area (Å²) in [4.78, 5) is 0. The topological polar surface area (TPSA) is 26.3 Å². The van der Waals surface area contributed by atoms with E-state index < -0.39 is 0 Å². The number of hydrogen-bond donors (Lipinski definition) is 2. The average Bonchev–Trinajstić information content (AvgIpc) is 3.74. The normalized spacial score (nSPS) is 22.3. The fourth-order valence-corrected chi connectivity index (χ4v) is 9.49. The lowest BCUT2D eigenvalue weighted by molar-refractivity contribution is -1.05. The Hall–Kier alpha value is -6.20. The van der Waals surface area contributed by atoms with E-state index in [1.54, 1.807) is 0 Å². The van der Waals surface area contributed by atoms with Crippen LogP contribution in [0.2, 0.25) is 0 Å². The van der Waals surface area contributed by atoms with Crippen LogP contribution in [0.4, 0.5) is 0 Å². The molecular weight excluding hydrogens is 657 g/mol. The number of para-hydroxylation sites is 2. The van der Waals surface area contributed by atoms with Crippen molar-refractivity contribution < 1.29 is 5.01 Å². The summed E-state index contributed by atoms with van der Waals surface area (Å²) in [5.74, 6) is 0.338. The molecule has 2 N–H and O–H groups in total. The van der Waals surface area contributed by atoms with Crippen LogP contribution in [0.1, 0.15) is 36.2 Å². The van der Waals surface area contributed by atoms with E-state index in [4.69, 9.17) is 0 Å². The van der Waals surface area contributed by atoms with Crippen LogP contribution in [0.15, 0.2) is 188 Å². The maximum Gasteiger partial charge on any atom is 0.196 e. The molecule has 260 valence electrons. The largest absolute Gasteiger partial charge is 0.333 e. The number of hydrogen-bond acceptors (Lipinski definition) is 1. The second-order valence-corrected chi connectivity index (χ2v) is 15.0. The highest BCUT2D eigenvalue weighted by Crippen LogP contribution is 2.39. The quantitative estimate of drug-likeness (QED) is 0.178. The zero-order valence-electron chi connectivity index (χ0n) is 30.0. The lowest BCUT2D eigenvalue weighted by atomic mass is 9.86. The van der Waals surface area contributed by atoms with E-state index in [2.05, 4.69) is 203 Å². The molecule has 1 aliphatic heterocycles. The molecule has 5 atom stereocenters. The van der Waals surface area contributed by atoms with Gasteiger partial charge in [-0.1, -0.05) is 152 Å². The Kier molecular flexibility index (Phi) is 7.39. The summed E-state index contributed by atoms with van der Waals surface area (Å²) in [6, 6.07) is 54.2. The third kappa shape index (κ3) is 4.98. The Morgan fingerprint density at radius 1 is 0.537 bits per heavy atom. The summed E-state index contributed by atoms with van der Waals surface area (Å²) in [5.41, 5.74) is 11.6. The van der Waals surface area contributed by atoms with Gasteiger partial charge in [0.05, 0.1) is 12.0 Å². The molecule has 0 spiro atoms. The highest BCUT2D eigenvalue weighted by molar-refractivity contribution is 6.11. The Bertz CT molecular complexity index is 2830. The minimum Gasteiger partial charge on any atom is -0.333 e. The van der Waals surface area contributed by atoms with Crippen molar-refractivity contribution in [3.8, 4) is 11.1 Å². The monoisotopic (exact) mass is 697 g/mol. The summed E-state index contributed by atoms with van der Waals surface area (Å²) < 4.78 is 5.11. The second kappa shape index (κ2) is 12.7. The minimum atomic E-state index is 0.128. The summed E-state index contributed by atoms with van der Waals surface area (Å²) >= 11 is 0. The highest BCUT2D eigenvalue weighted by atomic mass is 15.7. The predicted molar refractivity (Wildman–Crippen MR) is 224 cm³/mol. The van der Waals surface area contributed by atoms with Crippen molar-refractivity contribution >= 4 is 49.2 Å². The molecule has 4 nitrogen and oxygen atoms in total. The molecule has 1 saturated heterocycles. The summed E-state index contributed by atoms with van der Waals surface area (Å²) in [5, 5.41) is 10.7. The number of allylic oxidation sites excluding steroid dienone is 7. The molecule has 54 heavy (non-hydrogen) atoms. The molecule has 5 unspecified atom stereocenters. The predicted octanol–water partition coefficient (Wildman–Crippen LogP) is 10.6. The van der Waals surface area contributed by atoms with Crippen LogP contribution < -0.4 is 10.3 Å². The van der Waals surface area contributed by atoms with Gasteiger partial charge in [-0.25, -0.2) is 5.32 Å². The van der Waals surface area contributed by atoms with Crippen molar-refractivity contribution in [2.75, 3.05) is 0 Å². The third-order valence-electron chi connectivity index (χ3n) is 12.0. The molecule has 0 bridgehead atoms. The minimum absolute atomic E-state index is 0.128. The van der Waals surface area contributed by atoms with Crippen LogP contribution in [0.5, 0.6) is 0 Å². The first-order chi connectivity index (χ1) is 26.8. The molecule has 4 heteroatoms. The van der Waals surface area contributed by atoms with Gasteiger partial charge < -0.3 is 4.57 Å². The fourth-order valence-electron chi connectivity index (χ4n) is 9.49. The van der Waals surface area contributed by atoms with E-state index in [9.17, 15) is 0 Å².